The molecule has 5 aromatic rings. The van der Waals surface area contributed by atoms with Crippen LogP contribution in [0.1, 0.15) is 33.4 Å². The van der Waals surface area contributed by atoms with E-state index in [1.165, 1.54) is 26.2 Å². The van der Waals surface area contributed by atoms with Crippen molar-refractivity contribution >= 4 is 50.3 Å². The Morgan fingerprint density at radius 1 is 1.13 bits per heavy atom. The predicted molar refractivity (Wildman–Crippen MR) is 168 cm³/mol. The first-order valence-corrected chi connectivity index (χ1v) is 16.0. The molecule has 0 spiro atoms. The highest BCUT2D eigenvalue weighted by molar-refractivity contribution is 7.92. The van der Waals surface area contributed by atoms with Crippen molar-refractivity contribution in [1.29, 1.82) is 0 Å². The predicted octanol–water partition coefficient (Wildman–Crippen LogP) is 6.25. The fourth-order valence-electron chi connectivity index (χ4n) is 5.94. The number of carbonyl (C=O) groups is 1. The molecule has 2 aliphatic heterocycles. The second-order valence-corrected chi connectivity index (χ2v) is 13.1. The number of anilines is 2. The number of amides is 1. The van der Waals surface area contributed by atoms with Gasteiger partial charge in [-0.2, -0.15) is 13.2 Å². The maximum atomic E-state index is 14.7. The monoisotopic (exact) mass is 664 g/mol. The highest BCUT2D eigenvalue weighted by Crippen LogP contribution is 2.47. The normalized spacial score (nSPS) is 15.4. The van der Waals surface area contributed by atoms with Gasteiger partial charge in [-0.25, -0.2) is 22.8 Å². The van der Waals surface area contributed by atoms with Crippen LogP contribution in [-0.2, 0) is 22.6 Å². The zero-order valence-corrected chi connectivity index (χ0v) is 25.7. The Balaban J connectivity index is 1.43. The summed E-state index contributed by atoms with van der Waals surface area (Å²) < 4.78 is 87.0. The number of benzene rings is 2. The summed E-state index contributed by atoms with van der Waals surface area (Å²) in [6, 6.07) is 12.8. The zero-order valence-electron chi connectivity index (χ0n) is 24.9. The van der Waals surface area contributed by atoms with E-state index >= 15 is 0 Å². The Bertz CT molecular complexity index is 2250. The van der Waals surface area contributed by atoms with E-state index in [1.54, 1.807) is 36.7 Å². The summed E-state index contributed by atoms with van der Waals surface area (Å²) in [4.78, 5) is 28.0. The quantitative estimate of drug-likeness (QED) is 0.221. The number of halogens is 4. The molecule has 3 aromatic heterocycles. The third kappa shape index (κ3) is 4.97. The molecule has 0 fully saturated rings. The molecule has 0 aliphatic carbocycles. The Morgan fingerprint density at radius 2 is 1.91 bits per heavy atom. The van der Waals surface area contributed by atoms with Crippen molar-refractivity contribution in [3.05, 3.63) is 89.1 Å². The summed E-state index contributed by atoms with van der Waals surface area (Å²) in [7, 11) is -1.09. The molecule has 2 aliphatic rings. The first kappa shape index (κ1) is 30.3. The highest BCUT2D eigenvalue weighted by Gasteiger charge is 2.37. The third-order valence-electron chi connectivity index (χ3n) is 8.33. The number of pyridine rings is 2. The topological polar surface area (TPSA) is 121 Å². The van der Waals surface area contributed by atoms with Crippen LogP contribution >= 0.6 is 0 Å². The number of furan rings is 1. The maximum Gasteiger partial charge on any atom is 0.433 e. The number of nitrogens with one attached hydrogen (secondary N) is 1. The van der Waals surface area contributed by atoms with E-state index in [9.17, 15) is 30.8 Å². The molecule has 10 nitrogen and oxygen atoms in total. The lowest BCUT2D eigenvalue weighted by atomic mass is 9.99. The van der Waals surface area contributed by atoms with Crippen LogP contribution in [0.3, 0.4) is 0 Å². The van der Waals surface area contributed by atoms with Crippen LogP contribution in [0.15, 0.2) is 70.2 Å². The van der Waals surface area contributed by atoms with Crippen molar-refractivity contribution in [1.82, 2.24) is 15.3 Å². The molecule has 1 atom stereocenters. The van der Waals surface area contributed by atoms with E-state index in [4.69, 9.17) is 9.40 Å². The zero-order chi connectivity index (χ0) is 33.4. The fourth-order valence-corrected chi connectivity index (χ4v) is 6.45. The highest BCUT2D eigenvalue weighted by atomic mass is 32.2. The fraction of sp³-hybridized carbons (Fsp3) is 0.188. The van der Waals surface area contributed by atoms with Crippen LogP contribution in [0.5, 0.6) is 0 Å². The number of rotatable bonds is 5. The van der Waals surface area contributed by atoms with Crippen LogP contribution in [0.25, 0.3) is 33.6 Å². The number of alkyl halides is 3. The average molecular weight is 665 g/mol. The van der Waals surface area contributed by atoms with Crippen LogP contribution in [-0.4, -0.2) is 51.0 Å². The first-order chi connectivity index (χ1) is 22.3. The molecule has 0 bridgehead atoms. The van der Waals surface area contributed by atoms with E-state index in [1.807, 2.05) is 4.90 Å². The van der Waals surface area contributed by atoms with Gasteiger partial charge in [0.2, 0.25) is 10.0 Å². The van der Waals surface area contributed by atoms with Gasteiger partial charge in [0.05, 0.1) is 47.0 Å². The van der Waals surface area contributed by atoms with E-state index in [2.05, 4.69) is 15.3 Å². The lowest BCUT2D eigenvalue weighted by molar-refractivity contribution is -0.141. The summed E-state index contributed by atoms with van der Waals surface area (Å²) >= 11 is 0. The van der Waals surface area contributed by atoms with E-state index in [-0.39, 0.29) is 45.4 Å². The molecule has 7 rings (SSSR count). The smallest absolute Gasteiger partial charge is 0.433 e. The van der Waals surface area contributed by atoms with Gasteiger partial charge in [-0.1, -0.05) is 6.07 Å². The van der Waals surface area contributed by atoms with Crippen molar-refractivity contribution in [2.45, 2.75) is 18.6 Å². The number of nitrogens with zero attached hydrogens (tertiary/aromatic N) is 5. The molecule has 1 N–H and O–H groups in total. The summed E-state index contributed by atoms with van der Waals surface area (Å²) in [6.45, 7) is 0. The molecule has 15 heteroatoms. The second kappa shape index (κ2) is 10.6. The summed E-state index contributed by atoms with van der Waals surface area (Å²) in [6.07, 6.45) is -0.727. The Labute approximate surface area is 265 Å². The maximum absolute atomic E-state index is 14.7. The lowest BCUT2D eigenvalue weighted by Gasteiger charge is -2.28. The van der Waals surface area contributed by atoms with E-state index in [0.717, 1.165) is 28.9 Å². The van der Waals surface area contributed by atoms with Gasteiger partial charge < -0.3 is 14.6 Å². The van der Waals surface area contributed by atoms with Gasteiger partial charge in [0.15, 0.2) is 0 Å². The molecule has 1 amide bonds. The van der Waals surface area contributed by atoms with Crippen molar-refractivity contribution in [3.8, 4) is 22.6 Å². The SMILES string of the molecule is CNC(=O)c1c(-c2ccc(C(F)(F)F)nc2)oc2cc(N(C)S(C)(=O)=O)c(-c3ccc4c(n3)C3Cc5c(F)cccc5N3C=N4)cc12. The van der Waals surface area contributed by atoms with Crippen LogP contribution < -0.4 is 14.5 Å². The lowest BCUT2D eigenvalue weighted by Crippen LogP contribution is -2.27. The Kier molecular flexibility index (Phi) is 6.86. The molecule has 0 saturated heterocycles. The molecule has 47 heavy (non-hydrogen) atoms. The second-order valence-electron chi connectivity index (χ2n) is 11.1. The molecule has 5 heterocycles. The van der Waals surface area contributed by atoms with Crippen molar-refractivity contribution in [2.75, 3.05) is 29.6 Å². The standard InChI is InChI=1S/C32H24F4N6O4S/c1-37-31(43)28-19-11-18(21-8-9-22-29(40-21)25-12-17-20(33)5-4-6-23(17)42(25)15-39-22)24(41(2)47(3,44)45)13-26(19)46-30(28)16-7-10-27(38-14-16)32(34,35)36/h4-11,13-15,25H,12H2,1-3H3,(H,37,43). The molecule has 1 unspecified atom stereocenters. The van der Waals surface area contributed by atoms with E-state index < -0.39 is 27.8 Å². The third-order valence-corrected chi connectivity index (χ3v) is 9.53. The van der Waals surface area contributed by atoms with Gasteiger partial charge in [-0.05, 0) is 42.5 Å². The van der Waals surface area contributed by atoms with Crippen LogP contribution in [0.2, 0.25) is 0 Å². The van der Waals surface area contributed by atoms with Crippen LogP contribution in [0.4, 0.5) is 34.6 Å². The summed E-state index contributed by atoms with van der Waals surface area (Å²) in [5.41, 5.74) is 2.23. The molecule has 0 saturated carbocycles. The number of fused-ring (bicyclic) bond motifs is 6. The number of hydrogen-bond acceptors (Lipinski definition) is 8. The molecule has 2 aromatic carbocycles. The Morgan fingerprint density at radius 3 is 2.60 bits per heavy atom. The van der Waals surface area contributed by atoms with Gasteiger partial charge in [0, 0.05) is 60.5 Å². The number of aliphatic imine (C=N–C) groups is 1. The number of hydrogen-bond donors (Lipinski definition) is 1. The minimum absolute atomic E-state index is 0.00863. The average Bonchev–Trinajstić information content (AvgIpc) is 3.62. The first-order valence-electron chi connectivity index (χ1n) is 14.2. The molecular weight excluding hydrogens is 640 g/mol. The van der Waals surface area contributed by atoms with Crippen molar-refractivity contribution in [3.63, 3.8) is 0 Å². The largest absolute Gasteiger partial charge is 0.455 e. The summed E-state index contributed by atoms with van der Waals surface area (Å²) in [5.74, 6) is -0.992. The molecule has 240 valence electrons. The molecule has 0 radical (unpaired) electrons. The van der Waals surface area contributed by atoms with E-state index in [0.29, 0.717) is 40.3 Å². The van der Waals surface area contributed by atoms with Crippen LogP contribution in [0, 0.1) is 5.82 Å². The van der Waals surface area contributed by atoms with Crippen molar-refractivity contribution < 1.29 is 35.2 Å². The van der Waals surface area contributed by atoms with Gasteiger partial charge in [-0.15, -0.1) is 0 Å². The van der Waals surface area contributed by atoms with Gasteiger partial charge in [0.25, 0.3) is 5.91 Å². The van der Waals surface area contributed by atoms with Gasteiger partial charge in [0.1, 0.15) is 22.9 Å². The number of sulfonamides is 1. The summed E-state index contributed by atoms with van der Waals surface area (Å²) in [5, 5.41) is 2.79. The molecular formula is C32H24F4N6O4S. The van der Waals surface area contributed by atoms with Gasteiger partial charge >= 0.3 is 6.18 Å². The number of aromatic nitrogens is 2. The van der Waals surface area contributed by atoms with Gasteiger partial charge in [-0.3, -0.25) is 14.1 Å². The van der Waals surface area contributed by atoms with Crippen molar-refractivity contribution in [2.24, 2.45) is 4.99 Å². The minimum atomic E-state index is -4.67. The minimum Gasteiger partial charge on any atom is -0.455 e. The Hall–Kier alpha value is -5.31. The number of carbonyl (C=O) groups excluding carboxylic acids is 1.